The third-order valence-corrected chi connectivity index (χ3v) is 0. The summed E-state index contributed by atoms with van der Waals surface area (Å²) < 4.78 is 0. The summed E-state index contributed by atoms with van der Waals surface area (Å²) >= 11 is 0. The molecule has 0 aromatic heterocycles. The molecule has 0 atom stereocenters. The molecule has 0 aromatic rings. The van der Waals surface area contributed by atoms with E-state index in [4.69, 9.17) is 0 Å². The molecule has 0 aliphatic rings. The van der Waals surface area contributed by atoms with Crippen molar-refractivity contribution in [2.75, 3.05) is 0 Å². The van der Waals surface area contributed by atoms with Gasteiger partial charge in [0.15, 0.2) is 0 Å². The van der Waals surface area contributed by atoms with Crippen molar-refractivity contribution in [2.24, 2.45) is 0 Å². The zero-order valence-electron chi connectivity index (χ0n) is 2.01. The molecule has 0 unspecified atom stereocenters. The Balaban J connectivity index is 0. The molecule has 0 radical (unpaired) electrons. The van der Waals surface area contributed by atoms with Crippen molar-refractivity contribution < 1.29 is 15.7 Å². The summed E-state index contributed by atoms with van der Waals surface area (Å²) in [5.74, 6) is 0. The van der Waals surface area contributed by atoms with E-state index in [0.29, 0.717) is 0 Å². The Morgan fingerprint density at radius 3 is 0.750 bits per heavy atom. The Kier molecular flexibility index (Phi) is 896000000. The second-order valence-corrected chi connectivity index (χ2v) is 0. The van der Waals surface area contributed by atoms with Gasteiger partial charge in [0.1, 0.15) is 0 Å². The van der Waals surface area contributed by atoms with E-state index in [1.807, 2.05) is 0 Å². The van der Waals surface area contributed by atoms with Gasteiger partial charge in [0.05, 0.1) is 0 Å². The van der Waals surface area contributed by atoms with E-state index >= 15 is 0 Å². The predicted octanol–water partition coefficient (Wildman–Crippen LogP) is -0.582. The first-order valence-corrected chi connectivity index (χ1v) is 0. The van der Waals surface area contributed by atoms with E-state index in [1.54, 1.807) is 0 Å². The topological polar surface area (TPSA) is 60.0 Å². The first-order valence-electron chi connectivity index (χ1n) is 0. The van der Waals surface area contributed by atoms with Crippen LogP contribution in [0.3, 0.4) is 0 Å². The molecule has 2 N–H and O–H groups in total. The summed E-state index contributed by atoms with van der Waals surface area (Å²) in [5, 5.41) is 0. The largest absolute Gasteiger partial charge is 2.00 e. The van der Waals surface area contributed by atoms with Gasteiger partial charge in [0.2, 0.25) is 0 Å². The van der Waals surface area contributed by atoms with Crippen molar-refractivity contribution >= 4 is 10.1 Å². The van der Waals surface area contributed by atoms with Crippen molar-refractivity contribution in [1.82, 2.24) is 0 Å². The van der Waals surface area contributed by atoms with E-state index in [2.05, 4.69) is 0 Å². The molecule has 0 saturated heterocycles. The van der Waals surface area contributed by atoms with Gasteiger partial charge in [-0.1, -0.05) is 0 Å². The molecule has 4 heavy (non-hydrogen) atoms. The monoisotopic (exact) mass is 63.0 g/mol. The smallest absolute Gasteiger partial charge is 0.870 e. The van der Waals surface area contributed by atoms with Crippen LogP contribution in [0.4, 0.5) is 4.70 Å². The van der Waals surface area contributed by atoms with Gasteiger partial charge in [-0.2, -0.15) is 0 Å². The van der Waals surface area contributed by atoms with Gasteiger partial charge in [-0.25, -0.2) is 0 Å². The van der Waals surface area contributed by atoms with E-state index in [0.717, 1.165) is 0 Å². The molecule has 0 fully saturated rings. The summed E-state index contributed by atoms with van der Waals surface area (Å²) in [6.07, 6.45) is 0. The van der Waals surface area contributed by atoms with Crippen molar-refractivity contribution in [3.05, 3.63) is 0 Å². The molecule has 0 bridgehead atoms. The number of hydrogen-bond acceptors (Lipinski definition) is 2. The van der Waals surface area contributed by atoms with Crippen LogP contribution in [0.15, 0.2) is 0 Å². The number of rotatable bonds is 0. The fourth-order valence-corrected chi connectivity index (χ4v) is 0. The molecule has 24 valence electrons. The molecule has 0 aliphatic carbocycles. The second-order valence-electron chi connectivity index (χ2n) is 0. The quantitative estimate of drug-likeness (QED) is 0.353. The van der Waals surface area contributed by atoms with Crippen LogP contribution in [0.2, 0.25) is 0 Å². The van der Waals surface area contributed by atoms with Crippen molar-refractivity contribution in [3.8, 4) is 0 Å². The first kappa shape index (κ1) is 103000. The number of halogens is 1. The standard InChI is InChI=1S/Be.FH.2H2O/h;1H;2*1H2/q+2;;;/p-2. The van der Waals surface area contributed by atoms with Crippen LogP contribution in [0.25, 0.3) is 0 Å². The van der Waals surface area contributed by atoms with E-state index in [9.17, 15) is 0 Å². The molecule has 0 heterocycles. The average molecular weight is 63.0 g/mol. The van der Waals surface area contributed by atoms with Crippen LogP contribution < -0.4 is 0 Å². The summed E-state index contributed by atoms with van der Waals surface area (Å²) in [6.45, 7) is 0. The van der Waals surface area contributed by atoms with E-state index in [1.165, 1.54) is 0 Å². The van der Waals surface area contributed by atoms with Gasteiger partial charge in [-0.05, 0) is 0 Å². The van der Waals surface area contributed by atoms with Crippen molar-refractivity contribution in [2.45, 2.75) is 0 Å². The summed E-state index contributed by atoms with van der Waals surface area (Å²) in [4.78, 5) is 0. The summed E-state index contributed by atoms with van der Waals surface area (Å²) in [7, 11) is 0. The van der Waals surface area contributed by atoms with Crippen LogP contribution in [-0.4, -0.2) is 21.1 Å². The third kappa shape index (κ3) is 5910. The van der Waals surface area contributed by atoms with E-state index in [-0.39, 0.29) is 25.8 Å². The van der Waals surface area contributed by atoms with Gasteiger partial charge in [-0.3, -0.25) is 4.70 Å². The molecule has 4 heteroatoms. The minimum absolute atomic E-state index is 0. The normalized spacial score (nSPS) is 0. The van der Waals surface area contributed by atoms with Gasteiger partial charge >= 0.3 is 10.1 Å². The molecule has 0 aliphatic heterocycles. The number of hydrogen-bond donors (Lipinski definition) is 0. The first-order chi connectivity index (χ1) is 0. The second kappa shape index (κ2) is 34700. The van der Waals surface area contributed by atoms with Gasteiger partial charge in [-0.15, -0.1) is 0 Å². The Hall–Kier alpha value is 0.0188. The Morgan fingerprint density at radius 1 is 0.750 bits per heavy atom. The maximum absolute atomic E-state index is 0. The van der Waals surface area contributed by atoms with Crippen LogP contribution in [0, 0.1) is 0 Å². The van der Waals surface area contributed by atoms with Gasteiger partial charge < -0.3 is 11.0 Å². The SMILES string of the molecule is F.[Be+2].[OH-].[OH-]. The zero-order chi connectivity index (χ0) is 0. The van der Waals surface area contributed by atoms with Gasteiger partial charge in [0, 0.05) is 0 Å². The Morgan fingerprint density at radius 2 is 0.750 bits per heavy atom. The molecule has 0 aromatic carbocycles. The predicted molar refractivity (Wildman–Crippen MR) is 12.1 cm³/mol. The molecule has 2 nitrogen and oxygen atoms in total. The summed E-state index contributed by atoms with van der Waals surface area (Å²) in [6, 6.07) is 0. The minimum Gasteiger partial charge on any atom is -0.870 e. The fraction of sp³-hybridized carbons (Fsp3) is 0. The van der Waals surface area contributed by atoms with Crippen LogP contribution in [-0.2, 0) is 0 Å². The van der Waals surface area contributed by atoms with Crippen LogP contribution >= 0.6 is 0 Å². The molecule has 0 rings (SSSR count). The minimum atomic E-state index is 0. The Labute approximate surface area is 27.0 Å². The Bertz CT molecular complexity index is 6.00. The average Bonchev–Trinajstić information content (AvgIpc) is 0. The molecular formula is H3BeFO2. The molecule has 0 amide bonds. The van der Waals surface area contributed by atoms with Crippen LogP contribution in [0.5, 0.6) is 0 Å². The maximum atomic E-state index is 0. The van der Waals surface area contributed by atoms with Crippen LogP contribution in [0.1, 0.15) is 0 Å². The molecule has 0 saturated carbocycles. The van der Waals surface area contributed by atoms with Crippen molar-refractivity contribution in [1.29, 1.82) is 0 Å². The maximum Gasteiger partial charge on any atom is 2.00 e. The van der Waals surface area contributed by atoms with Gasteiger partial charge in [0.25, 0.3) is 0 Å². The summed E-state index contributed by atoms with van der Waals surface area (Å²) in [5.41, 5.74) is 0. The van der Waals surface area contributed by atoms with Crippen molar-refractivity contribution in [3.63, 3.8) is 0 Å². The fourth-order valence-electron chi connectivity index (χ4n) is 0. The molecular weight excluding hydrogens is 60.0 g/mol. The zero-order valence-corrected chi connectivity index (χ0v) is 2.01. The van der Waals surface area contributed by atoms with E-state index < -0.39 is 0 Å². The molecule has 0 spiro atoms. The third-order valence-electron chi connectivity index (χ3n) is 0.